The Hall–Kier alpha value is -0.730. The summed E-state index contributed by atoms with van der Waals surface area (Å²) in [5.74, 6) is -0.202. The van der Waals surface area contributed by atoms with Gasteiger partial charge in [0.05, 0.1) is 0 Å². The third-order valence-corrected chi connectivity index (χ3v) is 2.77. The van der Waals surface area contributed by atoms with E-state index in [9.17, 15) is 4.79 Å². The number of hydrogen-bond donors (Lipinski definition) is 1. The van der Waals surface area contributed by atoms with Crippen LogP contribution in [0.4, 0.5) is 5.69 Å². The third kappa shape index (κ3) is 1.21. The molecule has 2 rings (SSSR count). The van der Waals surface area contributed by atoms with Crippen LogP contribution >= 0.6 is 23.2 Å². The normalized spacial score (nSPS) is 25.6. The maximum atomic E-state index is 11.4. The highest BCUT2D eigenvalue weighted by Crippen LogP contribution is 2.41. The van der Waals surface area contributed by atoms with E-state index in [1.807, 2.05) is 0 Å². The predicted molar refractivity (Wildman–Crippen MR) is 53.3 cm³/mol. The Morgan fingerprint density at radius 1 is 1.46 bits per heavy atom. The summed E-state index contributed by atoms with van der Waals surface area (Å²) in [6, 6.07) is 5.18. The summed E-state index contributed by atoms with van der Waals surface area (Å²) in [7, 11) is 0. The first kappa shape index (κ1) is 8.85. The second-order valence-electron chi connectivity index (χ2n) is 3.15. The van der Waals surface area contributed by atoms with Crippen LogP contribution in [-0.4, -0.2) is 5.91 Å². The molecule has 2 nitrogen and oxygen atoms in total. The lowest BCUT2D eigenvalue weighted by Crippen LogP contribution is -2.24. The highest BCUT2D eigenvalue weighted by molar-refractivity contribution is 6.39. The van der Waals surface area contributed by atoms with E-state index in [4.69, 9.17) is 23.2 Å². The van der Waals surface area contributed by atoms with Gasteiger partial charge in [0, 0.05) is 16.3 Å². The van der Waals surface area contributed by atoms with E-state index in [2.05, 4.69) is 5.32 Å². The Balaban J connectivity index is 2.64. The number of carbonyl (C=O) groups excluding carboxylic acids is 1. The van der Waals surface area contributed by atoms with E-state index in [-0.39, 0.29) is 5.91 Å². The summed E-state index contributed by atoms with van der Waals surface area (Å²) < 4.78 is 0. The van der Waals surface area contributed by atoms with Gasteiger partial charge < -0.3 is 5.32 Å². The number of rotatable bonds is 0. The van der Waals surface area contributed by atoms with Crippen LogP contribution in [0.1, 0.15) is 12.5 Å². The van der Waals surface area contributed by atoms with E-state index < -0.39 is 4.87 Å². The van der Waals surface area contributed by atoms with E-state index in [1.165, 1.54) is 0 Å². The molecule has 13 heavy (non-hydrogen) atoms. The van der Waals surface area contributed by atoms with Crippen LogP contribution < -0.4 is 5.32 Å². The predicted octanol–water partition coefficient (Wildman–Crippen LogP) is 2.75. The van der Waals surface area contributed by atoms with Gasteiger partial charge in [0.25, 0.3) is 0 Å². The lowest BCUT2D eigenvalue weighted by Gasteiger charge is -2.11. The van der Waals surface area contributed by atoms with Crippen molar-refractivity contribution in [3.05, 3.63) is 28.8 Å². The number of anilines is 1. The molecule has 0 bridgehead atoms. The summed E-state index contributed by atoms with van der Waals surface area (Å²) in [5.41, 5.74) is 1.48. The summed E-state index contributed by atoms with van der Waals surface area (Å²) >= 11 is 11.9. The maximum absolute atomic E-state index is 11.4. The monoisotopic (exact) mass is 215 g/mol. The lowest BCUT2D eigenvalue weighted by atomic mass is 10.0. The van der Waals surface area contributed by atoms with Gasteiger partial charge in [-0.05, 0) is 25.1 Å². The molecule has 0 spiro atoms. The van der Waals surface area contributed by atoms with Crippen LogP contribution in [0, 0.1) is 0 Å². The summed E-state index contributed by atoms with van der Waals surface area (Å²) in [4.78, 5) is 10.4. The number of nitrogens with one attached hydrogen (secondary N) is 1. The zero-order chi connectivity index (χ0) is 9.64. The Morgan fingerprint density at radius 3 is 2.85 bits per heavy atom. The van der Waals surface area contributed by atoms with Crippen LogP contribution in [0.2, 0.25) is 5.02 Å². The van der Waals surface area contributed by atoms with Gasteiger partial charge >= 0.3 is 0 Å². The SMILES string of the molecule is CC1(Cl)C(=O)Nc2ccc(Cl)cc21. The largest absolute Gasteiger partial charge is 0.324 e. The van der Waals surface area contributed by atoms with Crippen molar-refractivity contribution in [3.8, 4) is 0 Å². The first-order valence-electron chi connectivity index (χ1n) is 3.82. The Labute approximate surface area is 85.8 Å². The van der Waals surface area contributed by atoms with Gasteiger partial charge in [-0.3, -0.25) is 4.79 Å². The Bertz CT molecular complexity index is 387. The molecule has 1 unspecified atom stereocenters. The van der Waals surface area contributed by atoms with Gasteiger partial charge in [0.1, 0.15) is 4.87 Å². The molecule has 1 aromatic carbocycles. The van der Waals surface area contributed by atoms with Crippen molar-refractivity contribution in [1.29, 1.82) is 0 Å². The molecular formula is C9H7Cl2NO. The van der Waals surface area contributed by atoms with Crippen LogP contribution in [0.3, 0.4) is 0 Å². The number of hydrogen-bond acceptors (Lipinski definition) is 1. The molecular weight excluding hydrogens is 209 g/mol. The average Bonchev–Trinajstić information content (AvgIpc) is 2.27. The first-order chi connectivity index (χ1) is 6.01. The van der Waals surface area contributed by atoms with Gasteiger partial charge in [-0.25, -0.2) is 0 Å². The zero-order valence-electron chi connectivity index (χ0n) is 6.90. The molecule has 4 heteroatoms. The first-order valence-corrected chi connectivity index (χ1v) is 4.58. The second-order valence-corrected chi connectivity index (χ2v) is 4.34. The van der Waals surface area contributed by atoms with Gasteiger partial charge in [-0.1, -0.05) is 11.6 Å². The highest BCUT2D eigenvalue weighted by atomic mass is 35.5. The van der Waals surface area contributed by atoms with Crippen molar-refractivity contribution < 1.29 is 4.79 Å². The van der Waals surface area contributed by atoms with Crippen LogP contribution in [0.25, 0.3) is 0 Å². The van der Waals surface area contributed by atoms with Crippen molar-refractivity contribution in [1.82, 2.24) is 0 Å². The standard InChI is InChI=1S/C9H7Cl2NO/c1-9(11)6-4-5(10)2-3-7(6)12-8(9)13/h2-4H,1H3,(H,12,13). The lowest BCUT2D eigenvalue weighted by molar-refractivity contribution is -0.117. The number of halogens is 2. The van der Waals surface area contributed by atoms with Crippen molar-refractivity contribution in [2.45, 2.75) is 11.8 Å². The third-order valence-electron chi connectivity index (χ3n) is 2.16. The molecule has 1 heterocycles. The minimum Gasteiger partial charge on any atom is -0.324 e. The van der Waals surface area contributed by atoms with Crippen molar-refractivity contribution in [3.63, 3.8) is 0 Å². The molecule has 1 amide bonds. The fraction of sp³-hybridized carbons (Fsp3) is 0.222. The van der Waals surface area contributed by atoms with Crippen molar-refractivity contribution >= 4 is 34.8 Å². The topological polar surface area (TPSA) is 29.1 Å². The number of benzene rings is 1. The molecule has 0 saturated heterocycles. The molecule has 1 aromatic rings. The molecule has 68 valence electrons. The van der Waals surface area contributed by atoms with Crippen molar-refractivity contribution in [2.24, 2.45) is 0 Å². The average molecular weight is 216 g/mol. The maximum Gasteiger partial charge on any atom is 0.249 e. The summed E-state index contributed by atoms with van der Waals surface area (Å²) in [6.45, 7) is 1.66. The summed E-state index contributed by atoms with van der Waals surface area (Å²) in [6.07, 6.45) is 0. The molecule has 1 aliphatic rings. The second kappa shape index (κ2) is 2.63. The van der Waals surface area contributed by atoms with Gasteiger partial charge in [0.15, 0.2) is 0 Å². The molecule has 1 aliphatic heterocycles. The molecule has 0 radical (unpaired) electrons. The van der Waals surface area contributed by atoms with Crippen LogP contribution in [-0.2, 0) is 9.67 Å². The fourth-order valence-corrected chi connectivity index (χ4v) is 1.75. The minimum atomic E-state index is -0.986. The van der Waals surface area contributed by atoms with Gasteiger partial charge in [0.2, 0.25) is 5.91 Å². The highest BCUT2D eigenvalue weighted by Gasteiger charge is 2.40. The molecule has 1 atom stereocenters. The smallest absolute Gasteiger partial charge is 0.249 e. The van der Waals surface area contributed by atoms with Crippen LogP contribution in [0.15, 0.2) is 18.2 Å². The molecule has 0 fully saturated rings. The quantitative estimate of drug-likeness (QED) is 0.663. The van der Waals surface area contributed by atoms with Gasteiger partial charge in [-0.15, -0.1) is 11.6 Å². The van der Waals surface area contributed by atoms with E-state index in [0.29, 0.717) is 5.02 Å². The fourth-order valence-electron chi connectivity index (χ4n) is 1.38. The summed E-state index contributed by atoms with van der Waals surface area (Å²) in [5, 5.41) is 3.27. The Kier molecular flexibility index (Phi) is 1.79. The number of alkyl halides is 1. The molecule has 0 aromatic heterocycles. The number of carbonyl (C=O) groups is 1. The van der Waals surface area contributed by atoms with Crippen LogP contribution in [0.5, 0.6) is 0 Å². The minimum absolute atomic E-state index is 0.202. The Morgan fingerprint density at radius 2 is 2.15 bits per heavy atom. The number of fused-ring (bicyclic) bond motifs is 1. The van der Waals surface area contributed by atoms with E-state index >= 15 is 0 Å². The van der Waals surface area contributed by atoms with Gasteiger partial charge in [-0.2, -0.15) is 0 Å². The number of amides is 1. The van der Waals surface area contributed by atoms with Crippen molar-refractivity contribution in [2.75, 3.05) is 5.32 Å². The molecule has 0 aliphatic carbocycles. The zero-order valence-corrected chi connectivity index (χ0v) is 8.41. The molecule has 0 saturated carbocycles. The molecule has 1 N–H and O–H groups in total. The van der Waals surface area contributed by atoms with E-state index in [0.717, 1.165) is 11.3 Å². The van der Waals surface area contributed by atoms with E-state index in [1.54, 1.807) is 25.1 Å².